The van der Waals surface area contributed by atoms with E-state index in [1.165, 1.54) is 89.9 Å². The molecule has 61 heavy (non-hydrogen) atoms. The highest BCUT2D eigenvalue weighted by Gasteiger charge is 2.51. The van der Waals surface area contributed by atoms with Gasteiger partial charge in [0.2, 0.25) is 0 Å². The molecule has 4 unspecified atom stereocenters. The Morgan fingerprint density at radius 1 is 0.508 bits per heavy atom. The Labute approximate surface area is 367 Å². The summed E-state index contributed by atoms with van der Waals surface area (Å²) in [6, 6.07) is 0. The Hall–Kier alpha value is -2.19. The van der Waals surface area contributed by atoms with Crippen LogP contribution in [-0.4, -0.2) is 98.3 Å². The van der Waals surface area contributed by atoms with E-state index < -0.39 is 75.7 Å². The molecule has 0 spiro atoms. The normalized spacial score (nSPS) is 22.4. The highest BCUT2D eigenvalue weighted by Crippen LogP contribution is 2.47. The Kier molecular flexibility index (Phi) is 34.7. The van der Waals surface area contributed by atoms with Gasteiger partial charge in [0.1, 0.15) is 43.2 Å². The predicted octanol–water partition coefficient (Wildman–Crippen LogP) is 9.17. The molecule has 13 nitrogen and oxygen atoms in total. The fourth-order valence-corrected chi connectivity index (χ4v) is 7.84. The van der Waals surface area contributed by atoms with E-state index in [1.807, 2.05) is 12.2 Å². The Balaban J connectivity index is 2.50. The molecular formula is C47H83O13P. The summed E-state index contributed by atoms with van der Waals surface area (Å²) in [5.41, 5.74) is 0. The summed E-state index contributed by atoms with van der Waals surface area (Å²) >= 11 is 0. The van der Waals surface area contributed by atoms with Crippen molar-refractivity contribution in [2.45, 2.75) is 224 Å². The number of esters is 2. The highest BCUT2D eigenvalue weighted by atomic mass is 31.2. The van der Waals surface area contributed by atoms with Gasteiger partial charge in [0.05, 0.1) is 6.61 Å². The topological polar surface area (TPSA) is 210 Å². The van der Waals surface area contributed by atoms with Crippen molar-refractivity contribution >= 4 is 19.8 Å². The molecule has 0 aromatic heterocycles. The lowest BCUT2D eigenvalue weighted by atomic mass is 9.85. The molecule has 1 aliphatic rings. The summed E-state index contributed by atoms with van der Waals surface area (Å²) in [4.78, 5) is 35.7. The average molecular weight is 887 g/mol. The van der Waals surface area contributed by atoms with Gasteiger partial charge < -0.3 is 39.9 Å². The van der Waals surface area contributed by atoms with Crippen LogP contribution in [0.15, 0.2) is 48.6 Å². The van der Waals surface area contributed by atoms with Gasteiger partial charge in [-0.1, -0.05) is 165 Å². The van der Waals surface area contributed by atoms with Gasteiger partial charge in [0.25, 0.3) is 0 Å². The van der Waals surface area contributed by atoms with Crippen LogP contribution in [0.1, 0.15) is 181 Å². The number of phosphoric acid groups is 1. The molecule has 1 fully saturated rings. The Morgan fingerprint density at radius 2 is 0.902 bits per heavy atom. The lowest BCUT2D eigenvalue weighted by Gasteiger charge is -2.41. The number of hydrogen-bond donors (Lipinski definition) is 6. The maximum absolute atomic E-state index is 12.8. The summed E-state index contributed by atoms with van der Waals surface area (Å²) < 4.78 is 33.5. The molecule has 1 aliphatic carbocycles. The van der Waals surface area contributed by atoms with Crippen molar-refractivity contribution in [3.05, 3.63) is 48.6 Å². The lowest BCUT2D eigenvalue weighted by molar-refractivity contribution is -0.220. The van der Waals surface area contributed by atoms with Crippen LogP contribution in [0.4, 0.5) is 0 Å². The molecule has 354 valence electrons. The number of unbranched alkanes of at least 4 members (excludes halogenated alkanes) is 18. The minimum absolute atomic E-state index is 0.0213. The lowest BCUT2D eigenvalue weighted by Crippen LogP contribution is -2.64. The van der Waals surface area contributed by atoms with E-state index in [1.54, 1.807) is 0 Å². The van der Waals surface area contributed by atoms with Gasteiger partial charge in [-0.3, -0.25) is 18.6 Å². The van der Waals surface area contributed by atoms with Gasteiger partial charge in [0, 0.05) is 12.8 Å². The number of phosphoric ester groups is 1. The first kappa shape index (κ1) is 56.8. The van der Waals surface area contributed by atoms with E-state index in [0.29, 0.717) is 19.3 Å². The summed E-state index contributed by atoms with van der Waals surface area (Å²) in [6.07, 6.45) is 30.3. The van der Waals surface area contributed by atoms with Gasteiger partial charge in [-0.2, -0.15) is 0 Å². The Morgan fingerprint density at radius 3 is 1.39 bits per heavy atom. The molecule has 6 N–H and O–H groups in total. The second-order valence-electron chi connectivity index (χ2n) is 16.3. The second kappa shape index (κ2) is 37.2. The van der Waals surface area contributed by atoms with E-state index in [2.05, 4.69) is 50.3 Å². The van der Waals surface area contributed by atoms with Crippen molar-refractivity contribution in [3.8, 4) is 0 Å². The zero-order valence-corrected chi connectivity index (χ0v) is 38.3. The average Bonchev–Trinajstić information content (AvgIpc) is 3.24. The zero-order chi connectivity index (χ0) is 45.0. The van der Waals surface area contributed by atoms with Gasteiger partial charge >= 0.3 is 19.8 Å². The number of aliphatic hydroxyl groups is 5. The maximum Gasteiger partial charge on any atom is 0.472 e. The number of ether oxygens (including phenoxy) is 2. The number of hydrogen-bond acceptors (Lipinski definition) is 12. The third-order valence-corrected chi connectivity index (χ3v) is 11.7. The van der Waals surface area contributed by atoms with Gasteiger partial charge in [0.15, 0.2) is 6.10 Å². The van der Waals surface area contributed by atoms with Gasteiger partial charge in [-0.05, 0) is 51.4 Å². The van der Waals surface area contributed by atoms with Crippen LogP contribution in [-0.2, 0) is 32.7 Å². The number of aliphatic hydroxyl groups excluding tert-OH is 5. The molecule has 1 rings (SSSR count). The van der Waals surface area contributed by atoms with Crippen molar-refractivity contribution in [2.24, 2.45) is 0 Å². The fraction of sp³-hybridized carbons (Fsp3) is 0.787. The largest absolute Gasteiger partial charge is 0.472 e. The van der Waals surface area contributed by atoms with Crippen molar-refractivity contribution in [2.75, 3.05) is 13.2 Å². The van der Waals surface area contributed by atoms with Crippen molar-refractivity contribution < 1.29 is 63.1 Å². The third kappa shape index (κ3) is 29.7. The third-order valence-electron chi connectivity index (χ3n) is 10.7. The zero-order valence-electron chi connectivity index (χ0n) is 37.4. The summed E-state index contributed by atoms with van der Waals surface area (Å²) in [7, 11) is -5.13. The molecule has 0 aliphatic heterocycles. The molecule has 1 saturated carbocycles. The van der Waals surface area contributed by atoms with Crippen LogP contribution < -0.4 is 0 Å². The summed E-state index contributed by atoms with van der Waals surface area (Å²) in [6.45, 7) is 3.23. The number of rotatable bonds is 38. The molecule has 14 heteroatoms. The van der Waals surface area contributed by atoms with E-state index in [9.17, 15) is 44.6 Å². The summed E-state index contributed by atoms with van der Waals surface area (Å²) in [5.74, 6) is -1.16. The summed E-state index contributed by atoms with van der Waals surface area (Å²) in [5, 5.41) is 50.1. The molecule has 8 atom stereocenters. The van der Waals surface area contributed by atoms with E-state index in [4.69, 9.17) is 18.5 Å². The Bertz CT molecular complexity index is 1250. The molecular weight excluding hydrogens is 803 g/mol. The molecule has 0 aromatic carbocycles. The van der Waals surface area contributed by atoms with Crippen LogP contribution >= 0.6 is 7.82 Å². The first-order chi connectivity index (χ1) is 29.4. The number of allylic oxidation sites excluding steroid dienone is 8. The molecule has 0 heterocycles. The maximum atomic E-state index is 12.8. The highest BCUT2D eigenvalue weighted by molar-refractivity contribution is 7.47. The SMILES string of the molecule is CCCCC/C=C/C/C=C/C/C=C/C/C=C/CCCC(=O)OC(COC(=O)CCCCCCCCCCCCCCCCC)COP(=O)(O)OC1[C@H](O)[C@H](O)C(O)[C@H](O)[C@H]1O. The van der Waals surface area contributed by atoms with E-state index in [0.717, 1.165) is 44.9 Å². The first-order valence-corrected chi connectivity index (χ1v) is 24.9. The van der Waals surface area contributed by atoms with Crippen molar-refractivity contribution in [1.29, 1.82) is 0 Å². The minimum Gasteiger partial charge on any atom is -0.462 e. The van der Waals surface area contributed by atoms with Crippen LogP contribution in [0.25, 0.3) is 0 Å². The van der Waals surface area contributed by atoms with Crippen molar-refractivity contribution in [1.82, 2.24) is 0 Å². The molecule has 0 aromatic rings. The quantitative estimate of drug-likeness (QED) is 0.0148. The minimum atomic E-state index is -5.13. The van der Waals surface area contributed by atoms with Gasteiger partial charge in [-0.25, -0.2) is 4.57 Å². The first-order valence-electron chi connectivity index (χ1n) is 23.4. The van der Waals surface area contributed by atoms with Crippen LogP contribution in [0.2, 0.25) is 0 Å². The predicted molar refractivity (Wildman–Crippen MR) is 239 cm³/mol. The van der Waals surface area contributed by atoms with Crippen LogP contribution in [0.5, 0.6) is 0 Å². The van der Waals surface area contributed by atoms with E-state index >= 15 is 0 Å². The van der Waals surface area contributed by atoms with Crippen LogP contribution in [0, 0.1) is 0 Å². The van der Waals surface area contributed by atoms with Gasteiger partial charge in [-0.15, -0.1) is 0 Å². The molecule has 0 bridgehead atoms. The number of carbonyl (C=O) groups excluding carboxylic acids is 2. The number of carbonyl (C=O) groups is 2. The molecule has 0 saturated heterocycles. The second-order valence-corrected chi connectivity index (χ2v) is 17.7. The standard InChI is InChI=1S/C47H83O13P/c1-3-5-7-9-11-13-15-17-19-20-22-24-26-28-30-32-34-36-41(49)59-39(38-58-61(55,56)60-47-45(53)43(51)42(50)44(52)46(47)54)37-57-40(48)35-33-31-29-27-25-23-21-18-16-14-12-10-8-6-4-2/h11,13,17,19,22,24,28,30,39,42-47,50-54H,3-10,12,14-16,18,20-21,23,25-27,29,31-38H2,1-2H3,(H,55,56)/b13-11+,19-17+,24-22+,30-28+/t39?,42?,43-,44+,45-,46-,47?/m1/s1. The fourth-order valence-electron chi connectivity index (χ4n) is 6.87. The monoisotopic (exact) mass is 887 g/mol. The van der Waals surface area contributed by atoms with Crippen molar-refractivity contribution in [3.63, 3.8) is 0 Å². The molecule has 0 amide bonds. The molecule has 0 radical (unpaired) electrons. The van der Waals surface area contributed by atoms with E-state index in [-0.39, 0.29) is 12.8 Å². The van der Waals surface area contributed by atoms with Crippen LogP contribution in [0.3, 0.4) is 0 Å². The smallest absolute Gasteiger partial charge is 0.462 e.